The molecule has 3 N–H and O–H groups in total. The van der Waals surface area contributed by atoms with Crippen molar-refractivity contribution in [3.63, 3.8) is 0 Å². The Balaban J connectivity index is 1.98. The molecular formula is C19H24N4O4. The minimum absolute atomic E-state index is 0.0754. The number of carbonyl (C=O) groups excluding carboxylic acids is 2. The lowest BCUT2D eigenvalue weighted by Crippen LogP contribution is -2.30. The molecule has 2 aromatic rings. The molecule has 0 aliphatic heterocycles. The Morgan fingerprint density at radius 1 is 1.19 bits per heavy atom. The van der Waals surface area contributed by atoms with Crippen LogP contribution in [0.3, 0.4) is 0 Å². The largest absolute Gasteiger partial charge is 0.480 e. The number of carboxylic acid groups (broad SMARTS) is 1. The summed E-state index contributed by atoms with van der Waals surface area (Å²) in [4.78, 5) is 34.7. The van der Waals surface area contributed by atoms with E-state index in [9.17, 15) is 14.4 Å². The van der Waals surface area contributed by atoms with Crippen LogP contribution in [0.5, 0.6) is 0 Å². The standard InChI is InChI=1S/C19H24N4O4/c1-11(18-12(2)22-23(4)13(18)3)19(27)21-15-7-5-14(6-8-15)9-16(24)20-10-17(25)26/h5-8,11H,9-10H2,1-4H3,(H,20,24)(H,21,27)(H,25,26). The van der Waals surface area contributed by atoms with Gasteiger partial charge in [-0.15, -0.1) is 0 Å². The van der Waals surface area contributed by atoms with Crippen LogP contribution in [0, 0.1) is 13.8 Å². The molecule has 0 radical (unpaired) electrons. The van der Waals surface area contributed by atoms with Crippen molar-refractivity contribution in [3.8, 4) is 0 Å². The number of nitrogens with zero attached hydrogens (tertiary/aromatic N) is 2. The predicted molar refractivity (Wildman–Crippen MR) is 101 cm³/mol. The first-order valence-electron chi connectivity index (χ1n) is 8.57. The van der Waals surface area contributed by atoms with E-state index in [0.717, 1.165) is 22.5 Å². The summed E-state index contributed by atoms with van der Waals surface area (Å²) in [7, 11) is 1.85. The Bertz CT molecular complexity index is 855. The van der Waals surface area contributed by atoms with E-state index in [4.69, 9.17) is 5.11 Å². The number of anilines is 1. The van der Waals surface area contributed by atoms with Gasteiger partial charge >= 0.3 is 5.97 Å². The minimum Gasteiger partial charge on any atom is -0.480 e. The van der Waals surface area contributed by atoms with E-state index in [-0.39, 0.29) is 24.2 Å². The van der Waals surface area contributed by atoms with Gasteiger partial charge in [0.25, 0.3) is 0 Å². The maximum absolute atomic E-state index is 12.6. The highest BCUT2D eigenvalue weighted by Gasteiger charge is 2.22. The maximum Gasteiger partial charge on any atom is 0.322 e. The summed E-state index contributed by atoms with van der Waals surface area (Å²) < 4.78 is 1.76. The van der Waals surface area contributed by atoms with E-state index in [1.807, 2.05) is 27.8 Å². The van der Waals surface area contributed by atoms with Gasteiger partial charge in [-0.3, -0.25) is 19.1 Å². The van der Waals surface area contributed by atoms with Crippen molar-refractivity contribution in [1.82, 2.24) is 15.1 Å². The van der Waals surface area contributed by atoms with E-state index < -0.39 is 12.5 Å². The molecule has 2 amide bonds. The van der Waals surface area contributed by atoms with Crippen molar-refractivity contribution in [2.45, 2.75) is 33.1 Å². The van der Waals surface area contributed by atoms with E-state index in [2.05, 4.69) is 15.7 Å². The number of aromatic nitrogens is 2. The van der Waals surface area contributed by atoms with Gasteiger partial charge in [-0.1, -0.05) is 12.1 Å². The number of rotatable bonds is 7. The van der Waals surface area contributed by atoms with Crippen LogP contribution >= 0.6 is 0 Å². The van der Waals surface area contributed by atoms with Crippen LogP contribution in [-0.4, -0.2) is 39.2 Å². The molecule has 0 bridgehead atoms. The van der Waals surface area contributed by atoms with E-state index in [0.29, 0.717) is 5.69 Å². The van der Waals surface area contributed by atoms with E-state index in [1.165, 1.54) is 0 Å². The zero-order valence-corrected chi connectivity index (χ0v) is 15.9. The van der Waals surface area contributed by atoms with Crippen LogP contribution in [-0.2, 0) is 27.9 Å². The second-order valence-electron chi connectivity index (χ2n) is 6.46. The third kappa shape index (κ3) is 5.16. The van der Waals surface area contributed by atoms with Crippen molar-refractivity contribution in [2.24, 2.45) is 7.05 Å². The summed E-state index contributed by atoms with van der Waals surface area (Å²) in [6.07, 6.45) is 0.0754. The molecule has 1 atom stereocenters. The first kappa shape index (κ1) is 20.2. The number of benzene rings is 1. The maximum atomic E-state index is 12.6. The Hall–Kier alpha value is -3.16. The molecule has 0 aliphatic carbocycles. The SMILES string of the molecule is Cc1nn(C)c(C)c1C(C)C(=O)Nc1ccc(CC(=O)NCC(=O)O)cc1. The lowest BCUT2D eigenvalue weighted by atomic mass is 9.98. The monoisotopic (exact) mass is 372 g/mol. The number of carboxylic acids is 1. The number of nitrogens with one attached hydrogen (secondary N) is 2. The first-order valence-corrected chi connectivity index (χ1v) is 8.57. The molecule has 8 nitrogen and oxygen atoms in total. The fourth-order valence-corrected chi connectivity index (χ4v) is 2.93. The fraction of sp³-hybridized carbons (Fsp3) is 0.368. The number of aryl methyl sites for hydroxylation is 2. The van der Waals surface area contributed by atoms with Gasteiger partial charge in [0.2, 0.25) is 11.8 Å². The summed E-state index contributed by atoms with van der Waals surface area (Å²) in [5, 5.41) is 18.1. The molecule has 1 aromatic carbocycles. The first-order chi connectivity index (χ1) is 12.7. The van der Waals surface area contributed by atoms with Crippen LogP contribution < -0.4 is 10.6 Å². The quantitative estimate of drug-likeness (QED) is 0.682. The molecule has 0 saturated heterocycles. The molecule has 144 valence electrons. The number of hydrogen-bond donors (Lipinski definition) is 3. The molecule has 0 fully saturated rings. The molecule has 0 spiro atoms. The van der Waals surface area contributed by atoms with Gasteiger partial charge in [0, 0.05) is 24.0 Å². The third-order valence-corrected chi connectivity index (χ3v) is 4.41. The van der Waals surface area contributed by atoms with Gasteiger partial charge in [-0.05, 0) is 38.5 Å². The van der Waals surface area contributed by atoms with E-state index >= 15 is 0 Å². The predicted octanol–water partition coefficient (Wildman–Crippen LogP) is 1.52. The van der Waals surface area contributed by atoms with Crippen LogP contribution in [0.1, 0.15) is 35.4 Å². The van der Waals surface area contributed by atoms with Crippen LogP contribution in [0.4, 0.5) is 5.69 Å². The van der Waals surface area contributed by atoms with Gasteiger partial charge in [-0.25, -0.2) is 0 Å². The second-order valence-corrected chi connectivity index (χ2v) is 6.46. The zero-order chi connectivity index (χ0) is 20.1. The Morgan fingerprint density at radius 3 is 2.33 bits per heavy atom. The molecular weight excluding hydrogens is 348 g/mol. The summed E-state index contributed by atoms with van der Waals surface area (Å²) in [6.45, 7) is 5.26. The number of carbonyl (C=O) groups is 3. The Kier molecular flexibility index (Phi) is 6.33. The number of aliphatic carboxylic acids is 1. The average molecular weight is 372 g/mol. The zero-order valence-electron chi connectivity index (χ0n) is 15.9. The molecule has 0 saturated carbocycles. The highest BCUT2D eigenvalue weighted by molar-refractivity contribution is 5.96. The summed E-state index contributed by atoms with van der Waals surface area (Å²) in [5.41, 5.74) is 4.06. The normalized spacial score (nSPS) is 11.7. The summed E-state index contributed by atoms with van der Waals surface area (Å²) in [6, 6.07) is 6.88. The molecule has 27 heavy (non-hydrogen) atoms. The average Bonchev–Trinajstić information content (AvgIpc) is 2.86. The molecule has 8 heteroatoms. The van der Waals surface area contributed by atoms with Crippen molar-refractivity contribution >= 4 is 23.5 Å². The lowest BCUT2D eigenvalue weighted by molar-refractivity contribution is -0.137. The minimum atomic E-state index is -1.09. The molecule has 0 aliphatic rings. The highest BCUT2D eigenvalue weighted by Crippen LogP contribution is 2.24. The third-order valence-electron chi connectivity index (χ3n) is 4.41. The van der Waals surface area contributed by atoms with Crippen molar-refractivity contribution in [1.29, 1.82) is 0 Å². The van der Waals surface area contributed by atoms with Gasteiger partial charge in [0.05, 0.1) is 18.0 Å². The molecule has 1 unspecified atom stereocenters. The summed E-state index contributed by atoms with van der Waals surface area (Å²) in [5.74, 6) is -1.94. The van der Waals surface area contributed by atoms with E-state index in [1.54, 1.807) is 28.9 Å². The van der Waals surface area contributed by atoms with Gasteiger partial charge in [-0.2, -0.15) is 5.10 Å². The van der Waals surface area contributed by atoms with Crippen molar-refractivity contribution in [2.75, 3.05) is 11.9 Å². The van der Waals surface area contributed by atoms with Crippen LogP contribution in [0.25, 0.3) is 0 Å². The number of hydrogen-bond acceptors (Lipinski definition) is 4. The van der Waals surface area contributed by atoms with Crippen molar-refractivity contribution < 1.29 is 19.5 Å². The number of amides is 2. The second kappa shape index (κ2) is 8.48. The highest BCUT2D eigenvalue weighted by atomic mass is 16.4. The topological polar surface area (TPSA) is 113 Å². The van der Waals surface area contributed by atoms with Gasteiger partial charge in [0.15, 0.2) is 0 Å². The molecule has 1 aromatic heterocycles. The Labute approximate surface area is 157 Å². The van der Waals surface area contributed by atoms with Gasteiger partial charge < -0.3 is 15.7 Å². The molecule has 1 heterocycles. The fourth-order valence-electron chi connectivity index (χ4n) is 2.93. The van der Waals surface area contributed by atoms with Crippen LogP contribution in [0.2, 0.25) is 0 Å². The Morgan fingerprint density at radius 2 is 1.81 bits per heavy atom. The summed E-state index contributed by atoms with van der Waals surface area (Å²) >= 11 is 0. The molecule has 2 rings (SSSR count). The van der Waals surface area contributed by atoms with Crippen LogP contribution in [0.15, 0.2) is 24.3 Å². The lowest BCUT2D eigenvalue weighted by Gasteiger charge is -2.13. The van der Waals surface area contributed by atoms with Gasteiger partial charge in [0.1, 0.15) is 6.54 Å². The van der Waals surface area contributed by atoms with Crippen molar-refractivity contribution in [3.05, 3.63) is 46.8 Å². The smallest absolute Gasteiger partial charge is 0.322 e.